The molecule has 0 aliphatic carbocycles. The number of aliphatic imine (C=N–C) groups is 1. The number of hydrogen-bond acceptors (Lipinski definition) is 4. The fourth-order valence-corrected chi connectivity index (χ4v) is 4.10. The van der Waals surface area contributed by atoms with Gasteiger partial charge in [-0.2, -0.15) is 0 Å². The highest BCUT2D eigenvalue weighted by molar-refractivity contribution is 7.98. The fraction of sp³-hybridized carbons (Fsp3) is 0.600. The predicted octanol–water partition coefficient (Wildman–Crippen LogP) is 1.97. The molecule has 1 aliphatic rings. The van der Waals surface area contributed by atoms with Crippen molar-refractivity contribution in [3.8, 4) is 0 Å². The molecule has 1 aromatic rings. The molecule has 1 atom stereocenters. The molecule has 150 valence electrons. The first-order valence-electron chi connectivity index (χ1n) is 9.63. The summed E-state index contributed by atoms with van der Waals surface area (Å²) in [7, 11) is 1.79. The Balaban J connectivity index is 1.71. The number of hydrogen-bond donors (Lipinski definition) is 3. The Morgan fingerprint density at radius 3 is 2.93 bits per heavy atom. The van der Waals surface area contributed by atoms with Gasteiger partial charge in [0.05, 0.1) is 5.92 Å². The third-order valence-electron chi connectivity index (χ3n) is 4.96. The van der Waals surface area contributed by atoms with E-state index in [2.05, 4.69) is 51.9 Å². The number of amides is 1. The standard InChI is InChI=1S/C20H33N5OS/c1-15-7-8-16(18(12-15)27-3)13-24-20(22-2)23-9-5-11-25-10-4-6-17(14-25)19(21)26/h7-8,12,17H,4-6,9-11,13-14H2,1-3H3,(H2,21,26)(H2,22,23,24). The van der Waals surface area contributed by atoms with Crippen LogP contribution in [0.4, 0.5) is 0 Å². The van der Waals surface area contributed by atoms with Crippen molar-refractivity contribution in [3.63, 3.8) is 0 Å². The molecule has 27 heavy (non-hydrogen) atoms. The van der Waals surface area contributed by atoms with Crippen LogP contribution in [-0.4, -0.2) is 56.2 Å². The number of nitrogens with zero attached hydrogens (tertiary/aromatic N) is 2. The number of rotatable bonds is 8. The lowest BCUT2D eigenvalue weighted by atomic mass is 9.97. The van der Waals surface area contributed by atoms with E-state index in [1.807, 2.05) is 0 Å². The molecule has 0 saturated carbocycles. The minimum absolute atomic E-state index is 0.0151. The molecule has 6 nitrogen and oxygen atoms in total. The van der Waals surface area contributed by atoms with Gasteiger partial charge in [-0.1, -0.05) is 12.1 Å². The molecule has 1 saturated heterocycles. The van der Waals surface area contributed by atoms with Gasteiger partial charge in [0.1, 0.15) is 0 Å². The number of thioether (sulfide) groups is 1. The lowest BCUT2D eigenvalue weighted by Gasteiger charge is -2.31. The average molecular weight is 392 g/mol. The van der Waals surface area contributed by atoms with Crippen LogP contribution in [0, 0.1) is 12.8 Å². The second kappa shape index (κ2) is 11.2. The number of primary amides is 1. The number of aryl methyl sites for hydroxylation is 1. The van der Waals surface area contributed by atoms with Crippen molar-refractivity contribution in [1.29, 1.82) is 0 Å². The maximum Gasteiger partial charge on any atom is 0.221 e. The van der Waals surface area contributed by atoms with Gasteiger partial charge in [0.25, 0.3) is 0 Å². The van der Waals surface area contributed by atoms with Crippen molar-refractivity contribution in [1.82, 2.24) is 15.5 Å². The van der Waals surface area contributed by atoms with E-state index in [4.69, 9.17) is 5.73 Å². The Kier molecular flexibility index (Phi) is 8.94. The second-order valence-corrected chi connectivity index (χ2v) is 7.91. The van der Waals surface area contributed by atoms with Gasteiger partial charge < -0.3 is 21.3 Å². The number of benzene rings is 1. The van der Waals surface area contributed by atoms with Gasteiger partial charge in [-0.15, -0.1) is 11.8 Å². The van der Waals surface area contributed by atoms with Gasteiger partial charge in [0, 0.05) is 31.6 Å². The topological polar surface area (TPSA) is 82.8 Å². The van der Waals surface area contributed by atoms with Gasteiger partial charge in [-0.05, 0) is 62.7 Å². The molecule has 1 unspecified atom stereocenters. The van der Waals surface area contributed by atoms with E-state index in [0.29, 0.717) is 0 Å². The lowest BCUT2D eigenvalue weighted by molar-refractivity contribution is -0.123. The van der Waals surface area contributed by atoms with Crippen LogP contribution in [-0.2, 0) is 11.3 Å². The van der Waals surface area contributed by atoms with Crippen LogP contribution in [0.5, 0.6) is 0 Å². The maximum absolute atomic E-state index is 11.4. The van der Waals surface area contributed by atoms with Crippen LogP contribution in [0.15, 0.2) is 28.1 Å². The van der Waals surface area contributed by atoms with Crippen LogP contribution in [0.1, 0.15) is 30.4 Å². The molecule has 7 heteroatoms. The molecular weight excluding hydrogens is 358 g/mol. The number of piperidine rings is 1. The summed E-state index contributed by atoms with van der Waals surface area (Å²) in [5.41, 5.74) is 8.01. The van der Waals surface area contributed by atoms with E-state index >= 15 is 0 Å². The van der Waals surface area contributed by atoms with Crippen LogP contribution in [0.25, 0.3) is 0 Å². The van der Waals surface area contributed by atoms with E-state index in [9.17, 15) is 4.79 Å². The largest absolute Gasteiger partial charge is 0.369 e. The quantitative estimate of drug-likeness (QED) is 0.273. The fourth-order valence-electron chi connectivity index (χ4n) is 3.40. The summed E-state index contributed by atoms with van der Waals surface area (Å²) in [6.45, 7) is 6.55. The van der Waals surface area contributed by atoms with E-state index in [1.165, 1.54) is 16.0 Å². The number of carbonyl (C=O) groups excluding carboxylic acids is 1. The van der Waals surface area contributed by atoms with Gasteiger partial charge in [-0.25, -0.2) is 0 Å². The zero-order chi connectivity index (χ0) is 19.6. The molecule has 1 amide bonds. The Bertz CT molecular complexity index is 649. The monoisotopic (exact) mass is 391 g/mol. The summed E-state index contributed by atoms with van der Waals surface area (Å²) >= 11 is 1.77. The molecule has 0 bridgehead atoms. The summed E-state index contributed by atoms with van der Waals surface area (Å²) in [4.78, 5) is 19.3. The third-order valence-corrected chi connectivity index (χ3v) is 5.78. The molecule has 1 heterocycles. The number of nitrogens with one attached hydrogen (secondary N) is 2. The van der Waals surface area contributed by atoms with Crippen molar-refractivity contribution in [3.05, 3.63) is 29.3 Å². The maximum atomic E-state index is 11.4. The molecule has 1 aliphatic heterocycles. The molecule has 0 radical (unpaired) electrons. The number of likely N-dealkylation sites (tertiary alicyclic amines) is 1. The van der Waals surface area contributed by atoms with Gasteiger partial charge in [0.2, 0.25) is 5.91 Å². The first kappa shape index (κ1) is 21.6. The molecule has 0 aromatic heterocycles. The van der Waals surface area contributed by atoms with E-state index in [-0.39, 0.29) is 11.8 Å². The molecule has 1 fully saturated rings. The van der Waals surface area contributed by atoms with Crippen LogP contribution >= 0.6 is 11.8 Å². The van der Waals surface area contributed by atoms with Crippen molar-refractivity contribution in [2.45, 2.75) is 37.6 Å². The average Bonchev–Trinajstić information content (AvgIpc) is 2.68. The highest BCUT2D eigenvalue weighted by atomic mass is 32.2. The Labute approximate surface area is 167 Å². The molecular formula is C20H33N5OS. The van der Waals surface area contributed by atoms with Crippen molar-refractivity contribution in [2.24, 2.45) is 16.6 Å². The van der Waals surface area contributed by atoms with Gasteiger partial charge in [0.15, 0.2) is 5.96 Å². The van der Waals surface area contributed by atoms with E-state index in [0.717, 1.165) is 57.9 Å². The van der Waals surface area contributed by atoms with Crippen LogP contribution in [0.2, 0.25) is 0 Å². The predicted molar refractivity (Wildman–Crippen MR) is 114 cm³/mol. The second-order valence-electron chi connectivity index (χ2n) is 7.06. The smallest absolute Gasteiger partial charge is 0.221 e. The van der Waals surface area contributed by atoms with Gasteiger partial charge in [-0.3, -0.25) is 9.79 Å². The van der Waals surface area contributed by atoms with Crippen molar-refractivity contribution in [2.75, 3.05) is 39.5 Å². The number of carbonyl (C=O) groups is 1. The number of guanidine groups is 1. The van der Waals surface area contributed by atoms with E-state index in [1.54, 1.807) is 18.8 Å². The Morgan fingerprint density at radius 1 is 1.41 bits per heavy atom. The van der Waals surface area contributed by atoms with Crippen molar-refractivity contribution >= 4 is 23.6 Å². The first-order chi connectivity index (χ1) is 13.0. The molecule has 0 spiro atoms. The summed E-state index contributed by atoms with van der Waals surface area (Å²) in [6.07, 6.45) is 5.10. The third kappa shape index (κ3) is 7.07. The van der Waals surface area contributed by atoms with Crippen LogP contribution < -0.4 is 16.4 Å². The van der Waals surface area contributed by atoms with Crippen LogP contribution in [0.3, 0.4) is 0 Å². The van der Waals surface area contributed by atoms with Gasteiger partial charge >= 0.3 is 0 Å². The molecule has 4 N–H and O–H groups in total. The minimum atomic E-state index is -0.164. The summed E-state index contributed by atoms with van der Waals surface area (Å²) < 4.78 is 0. The highest BCUT2D eigenvalue weighted by Crippen LogP contribution is 2.21. The highest BCUT2D eigenvalue weighted by Gasteiger charge is 2.23. The lowest BCUT2D eigenvalue weighted by Crippen LogP contribution is -2.42. The summed E-state index contributed by atoms with van der Waals surface area (Å²) in [5.74, 6) is 0.667. The molecule has 2 rings (SSSR count). The normalized spacial score (nSPS) is 18.3. The minimum Gasteiger partial charge on any atom is -0.369 e. The van der Waals surface area contributed by atoms with E-state index < -0.39 is 0 Å². The van der Waals surface area contributed by atoms with Crippen molar-refractivity contribution < 1.29 is 4.79 Å². The molecule has 1 aromatic carbocycles. The summed E-state index contributed by atoms with van der Waals surface area (Å²) in [5, 5.41) is 6.77. The first-order valence-corrected chi connectivity index (χ1v) is 10.9. The number of nitrogens with two attached hydrogens (primary N) is 1. The Hall–Kier alpha value is -1.73. The SMILES string of the molecule is CN=C(NCCCN1CCCC(C(N)=O)C1)NCc1ccc(C)cc1SC. The Morgan fingerprint density at radius 2 is 2.22 bits per heavy atom. The zero-order valence-corrected chi connectivity index (χ0v) is 17.6. The zero-order valence-electron chi connectivity index (χ0n) is 16.8. The summed E-state index contributed by atoms with van der Waals surface area (Å²) in [6, 6.07) is 6.54.